The van der Waals surface area contributed by atoms with Crippen LogP contribution in [0.3, 0.4) is 0 Å². The molecule has 110 valence electrons. The first kappa shape index (κ1) is 15.3. The summed E-state index contributed by atoms with van der Waals surface area (Å²) in [7, 11) is 0. The summed E-state index contributed by atoms with van der Waals surface area (Å²) < 4.78 is 10.5. The Bertz CT molecular complexity index is 558. The van der Waals surface area contributed by atoms with Crippen LogP contribution in [0.1, 0.15) is 16.9 Å². The third-order valence-corrected chi connectivity index (χ3v) is 2.93. The van der Waals surface area contributed by atoms with Gasteiger partial charge >= 0.3 is 0 Å². The van der Waals surface area contributed by atoms with Gasteiger partial charge in [0.25, 0.3) is 0 Å². The first-order valence-corrected chi connectivity index (χ1v) is 6.76. The normalized spacial score (nSPS) is 12.0. The molecule has 0 saturated heterocycles. The Morgan fingerprint density at radius 3 is 2.76 bits per heavy atom. The number of hydrogen-bond donors (Lipinski definition) is 2. The van der Waals surface area contributed by atoms with E-state index in [-0.39, 0.29) is 6.61 Å². The van der Waals surface area contributed by atoms with E-state index in [1.807, 2.05) is 18.2 Å². The number of nitrogens with one attached hydrogen (secondary N) is 1. The second-order valence-electron chi connectivity index (χ2n) is 4.69. The second-order valence-corrected chi connectivity index (χ2v) is 4.69. The summed E-state index contributed by atoms with van der Waals surface area (Å²) in [5, 5.41) is 21.6. The van der Waals surface area contributed by atoms with Crippen LogP contribution < -0.4 is 5.32 Å². The number of ether oxygens (including phenoxy) is 1. The van der Waals surface area contributed by atoms with Crippen LogP contribution in [0.5, 0.6) is 0 Å². The van der Waals surface area contributed by atoms with Gasteiger partial charge in [-0.2, -0.15) is 5.26 Å². The predicted octanol–water partition coefficient (Wildman–Crippen LogP) is 1.82. The molecule has 1 atom stereocenters. The molecule has 1 aromatic heterocycles. The maximum atomic E-state index is 9.78. The van der Waals surface area contributed by atoms with Crippen LogP contribution in [0.25, 0.3) is 0 Å². The van der Waals surface area contributed by atoms with E-state index < -0.39 is 6.10 Å². The molecule has 5 nitrogen and oxygen atoms in total. The Kier molecular flexibility index (Phi) is 5.98. The van der Waals surface area contributed by atoms with E-state index in [9.17, 15) is 5.11 Å². The maximum Gasteiger partial charge on any atom is 0.129 e. The fourth-order valence-corrected chi connectivity index (χ4v) is 1.83. The molecule has 0 spiro atoms. The van der Waals surface area contributed by atoms with E-state index in [0.717, 1.165) is 11.3 Å². The maximum absolute atomic E-state index is 9.78. The molecule has 1 heterocycles. The molecule has 0 aliphatic rings. The average Bonchev–Trinajstić information content (AvgIpc) is 3.01. The summed E-state index contributed by atoms with van der Waals surface area (Å²) in [5.41, 5.74) is 1.71. The number of aliphatic hydroxyl groups excluding tert-OH is 1. The lowest BCUT2D eigenvalue weighted by molar-refractivity contribution is 0.0226. The molecule has 0 radical (unpaired) electrons. The number of nitriles is 1. The highest BCUT2D eigenvalue weighted by atomic mass is 16.5. The van der Waals surface area contributed by atoms with Crippen LogP contribution in [0.15, 0.2) is 47.1 Å². The highest BCUT2D eigenvalue weighted by Crippen LogP contribution is 2.03. The summed E-state index contributed by atoms with van der Waals surface area (Å²) in [5.74, 6) is 0.743. The highest BCUT2D eigenvalue weighted by molar-refractivity contribution is 5.31. The minimum absolute atomic E-state index is 0.251. The Morgan fingerprint density at radius 2 is 2.10 bits per heavy atom. The largest absolute Gasteiger partial charge is 0.467 e. The van der Waals surface area contributed by atoms with Crippen LogP contribution in [-0.4, -0.2) is 24.4 Å². The van der Waals surface area contributed by atoms with Crippen LogP contribution in [-0.2, 0) is 17.9 Å². The summed E-state index contributed by atoms with van der Waals surface area (Å²) in [4.78, 5) is 0. The van der Waals surface area contributed by atoms with Gasteiger partial charge in [-0.1, -0.05) is 12.1 Å². The standard InChI is InChI=1S/C16H18N2O3/c17-8-13-3-5-14(6-4-13)9-18-10-15(19)11-20-12-16-2-1-7-21-16/h1-7,15,18-19H,9-12H2. The molecule has 2 aromatic rings. The lowest BCUT2D eigenvalue weighted by atomic mass is 10.1. The van der Waals surface area contributed by atoms with Crippen molar-refractivity contribution in [3.05, 3.63) is 59.5 Å². The van der Waals surface area contributed by atoms with Gasteiger partial charge in [0.05, 0.1) is 30.6 Å². The van der Waals surface area contributed by atoms with Gasteiger partial charge in [-0.3, -0.25) is 0 Å². The van der Waals surface area contributed by atoms with Gasteiger partial charge in [0.15, 0.2) is 0 Å². The van der Waals surface area contributed by atoms with Crippen molar-refractivity contribution >= 4 is 0 Å². The number of hydrogen-bond acceptors (Lipinski definition) is 5. The fraction of sp³-hybridized carbons (Fsp3) is 0.312. The number of benzene rings is 1. The number of nitrogens with zero attached hydrogens (tertiary/aromatic N) is 1. The monoisotopic (exact) mass is 286 g/mol. The van der Waals surface area contributed by atoms with Gasteiger partial charge in [-0.05, 0) is 29.8 Å². The molecule has 0 aliphatic carbocycles. The van der Waals surface area contributed by atoms with Crippen molar-refractivity contribution in [2.24, 2.45) is 0 Å². The third-order valence-electron chi connectivity index (χ3n) is 2.93. The first-order chi connectivity index (χ1) is 10.3. The van der Waals surface area contributed by atoms with Gasteiger partial charge in [0, 0.05) is 13.1 Å². The summed E-state index contributed by atoms with van der Waals surface area (Å²) in [6.07, 6.45) is 1.02. The van der Waals surface area contributed by atoms with Crippen molar-refractivity contribution in [3.63, 3.8) is 0 Å². The number of rotatable bonds is 8. The average molecular weight is 286 g/mol. The van der Waals surface area contributed by atoms with Gasteiger partial charge in [0.2, 0.25) is 0 Å². The van der Waals surface area contributed by atoms with E-state index in [4.69, 9.17) is 14.4 Å². The molecule has 0 amide bonds. The lowest BCUT2D eigenvalue weighted by Gasteiger charge is -2.12. The number of furan rings is 1. The molecule has 0 bridgehead atoms. The van der Waals surface area contributed by atoms with E-state index in [1.165, 1.54) is 0 Å². The molecule has 1 unspecified atom stereocenters. The predicted molar refractivity (Wildman–Crippen MR) is 77.2 cm³/mol. The Balaban J connectivity index is 1.60. The van der Waals surface area contributed by atoms with Crippen molar-refractivity contribution in [2.75, 3.05) is 13.2 Å². The molecule has 21 heavy (non-hydrogen) atoms. The highest BCUT2D eigenvalue weighted by Gasteiger charge is 2.05. The van der Waals surface area contributed by atoms with Crippen molar-refractivity contribution in [1.82, 2.24) is 5.32 Å². The Hall–Kier alpha value is -2.13. The quantitative estimate of drug-likeness (QED) is 0.774. The number of aliphatic hydroxyl groups is 1. The van der Waals surface area contributed by atoms with E-state index >= 15 is 0 Å². The Labute approximate surface area is 123 Å². The zero-order valence-corrected chi connectivity index (χ0v) is 11.7. The zero-order valence-electron chi connectivity index (χ0n) is 11.7. The van der Waals surface area contributed by atoms with Crippen LogP contribution in [0, 0.1) is 11.3 Å². The molecule has 2 N–H and O–H groups in total. The topological polar surface area (TPSA) is 78.4 Å². The molecular weight excluding hydrogens is 268 g/mol. The van der Waals surface area contributed by atoms with Gasteiger partial charge in [0.1, 0.15) is 12.4 Å². The van der Waals surface area contributed by atoms with Gasteiger partial charge in [-0.25, -0.2) is 0 Å². The smallest absolute Gasteiger partial charge is 0.129 e. The molecule has 0 saturated carbocycles. The van der Waals surface area contributed by atoms with Gasteiger partial charge in [-0.15, -0.1) is 0 Å². The van der Waals surface area contributed by atoms with Gasteiger partial charge < -0.3 is 19.6 Å². The molecule has 5 heteroatoms. The summed E-state index contributed by atoms with van der Waals surface area (Å²) in [6, 6.07) is 13.1. The lowest BCUT2D eigenvalue weighted by Crippen LogP contribution is -2.30. The van der Waals surface area contributed by atoms with E-state index in [1.54, 1.807) is 24.5 Å². The summed E-state index contributed by atoms with van der Waals surface area (Å²) >= 11 is 0. The summed E-state index contributed by atoms with van der Waals surface area (Å²) in [6.45, 7) is 1.69. The molecule has 2 rings (SSSR count). The first-order valence-electron chi connectivity index (χ1n) is 6.76. The second kappa shape index (κ2) is 8.22. The van der Waals surface area contributed by atoms with Crippen molar-refractivity contribution in [3.8, 4) is 6.07 Å². The van der Waals surface area contributed by atoms with Crippen molar-refractivity contribution < 1.29 is 14.3 Å². The van der Waals surface area contributed by atoms with Crippen LogP contribution in [0.4, 0.5) is 0 Å². The molecule has 0 fully saturated rings. The minimum Gasteiger partial charge on any atom is -0.467 e. The third kappa shape index (κ3) is 5.40. The van der Waals surface area contributed by atoms with E-state index in [2.05, 4.69) is 11.4 Å². The minimum atomic E-state index is -0.571. The fourth-order valence-electron chi connectivity index (χ4n) is 1.83. The van der Waals surface area contributed by atoms with Crippen LogP contribution >= 0.6 is 0 Å². The Morgan fingerprint density at radius 1 is 1.29 bits per heavy atom. The van der Waals surface area contributed by atoms with Crippen LogP contribution in [0.2, 0.25) is 0 Å². The molecule has 0 aliphatic heterocycles. The van der Waals surface area contributed by atoms with Crippen molar-refractivity contribution in [1.29, 1.82) is 5.26 Å². The SMILES string of the molecule is N#Cc1ccc(CNCC(O)COCc2ccco2)cc1. The van der Waals surface area contributed by atoms with E-state index in [0.29, 0.717) is 25.3 Å². The molecule has 1 aromatic carbocycles. The van der Waals surface area contributed by atoms with Crippen molar-refractivity contribution in [2.45, 2.75) is 19.3 Å². The zero-order chi connectivity index (χ0) is 14.9. The molecular formula is C16H18N2O3.